The minimum absolute atomic E-state index is 0.116. The SMILES string of the molecule is CCc1oc(C(=O)OC)cc1S(=O)(=O)NC(C)(C)CCC(=O)O. The second-order valence-corrected chi connectivity index (χ2v) is 7.28. The number of carboxylic acids is 1. The molecule has 130 valence electrons. The summed E-state index contributed by atoms with van der Waals surface area (Å²) < 4.78 is 37.2. The Morgan fingerprint density at radius 1 is 1.39 bits per heavy atom. The van der Waals surface area contributed by atoms with Gasteiger partial charge in [0.25, 0.3) is 0 Å². The highest BCUT2D eigenvalue weighted by molar-refractivity contribution is 7.89. The molecule has 0 atom stereocenters. The maximum atomic E-state index is 12.5. The van der Waals surface area contributed by atoms with Crippen molar-refractivity contribution in [3.63, 3.8) is 0 Å². The van der Waals surface area contributed by atoms with Crippen LogP contribution in [0.25, 0.3) is 0 Å². The first-order valence-corrected chi connectivity index (χ1v) is 8.47. The van der Waals surface area contributed by atoms with Crippen molar-refractivity contribution in [3.05, 3.63) is 17.6 Å². The van der Waals surface area contributed by atoms with E-state index in [-0.39, 0.29) is 35.7 Å². The van der Waals surface area contributed by atoms with E-state index in [0.717, 1.165) is 13.2 Å². The van der Waals surface area contributed by atoms with E-state index in [9.17, 15) is 18.0 Å². The topological polar surface area (TPSA) is 123 Å². The van der Waals surface area contributed by atoms with E-state index < -0.39 is 27.5 Å². The summed E-state index contributed by atoms with van der Waals surface area (Å²) in [6.07, 6.45) is 0.211. The summed E-state index contributed by atoms with van der Waals surface area (Å²) >= 11 is 0. The van der Waals surface area contributed by atoms with Crippen LogP contribution in [0.3, 0.4) is 0 Å². The maximum absolute atomic E-state index is 12.5. The third kappa shape index (κ3) is 5.07. The quantitative estimate of drug-likeness (QED) is 0.684. The molecule has 9 heteroatoms. The van der Waals surface area contributed by atoms with Crippen LogP contribution in [0, 0.1) is 0 Å². The molecule has 0 bridgehead atoms. The van der Waals surface area contributed by atoms with Crippen molar-refractivity contribution in [1.82, 2.24) is 4.72 Å². The van der Waals surface area contributed by atoms with Crippen LogP contribution in [0.5, 0.6) is 0 Å². The molecule has 0 saturated carbocycles. The van der Waals surface area contributed by atoms with Gasteiger partial charge in [-0.25, -0.2) is 17.9 Å². The lowest BCUT2D eigenvalue weighted by Crippen LogP contribution is -2.43. The average Bonchev–Trinajstić information content (AvgIpc) is 2.88. The number of hydrogen-bond donors (Lipinski definition) is 2. The van der Waals surface area contributed by atoms with Gasteiger partial charge in [-0.1, -0.05) is 6.92 Å². The molecule has 0 spiro atoms. The summed E-state index contributed by atoms with van der Waals surface area (Å²) in [4.78, 5) is 22.0. The maximum Gasteiger partial charge on any atom is 0.373 e. The standard InChI is InChI=1S/C14H21NO7S/c1-5-9-11(8-10(22-9)13(18)21-4)23(19,20)15-14(2,3)7-6-12(16)17/h8,15H,5-7H2,1-4H3,(H,16,17). The monoisotopic (exact) mass is 347 g/mol. The van der Waals surface area contributed by atoms with Crippen LogP contribution in [-0.2, 0) is 26.0 Å². The lowest BCUT2D eigenvalue weighted by atomic mass is 10.0. The van der Waals surface area contributed by atoms with E-state index in [4.69, 9.17) is 9.52 Å². The number of carboxylic acid groups (broad SMARTS) is 1. The van der Waals surface area contributed by atoms with E-state index in [1.807, 2.05) is 0 Å². The smallest absolute Gasteiger partial charge is 0.373 e. The van der Waals surface area contributed by atoms with Gasteiger partial charge in [-0.3, -0.25) is 4.79 Å². The van der Waals surface area contributed by atoms with Crippen LogP contribution in [0.2, 0.25) is 0 Å². The van der Waals surface area contributed by atoms with E-state index in [2.05, 4.69) is 9.46 Å². The van der Waals surface area contributed by atoms with Gasteiger partial charge in [-0.15, -0.1) is 0 Å². The van der Waals surface area contributed by atoms with Gasteiger partial charge in [-0.2, -0.15) is 0 Å². The van der Waals surface area contributed by atoms with Gasteiger partial charge in [0.05, 0.1) is 7.11 Å². The Balaban J connectivity index is 3.10. The Hall–Kier alpha value is -1.87. The summed E-state index contributed by atoms with van der Waals surface area (Å²) in [5, 5.41) is 8.72. The average molecular weight is 347 g/mol. The molecule has 0 unspecified atom stereocenters. The molecule has 1 rings (SSSR count). The molecule has 0 aliphatic carbocycles. The molecule has 0 aliphatic heterocycles. The molecular weight excluding hydrogens is 326 g/mol. The zero-order chi connectivity index (χ0) is 17.8. The van der Waals surface area contributed by atoms with Crippen LogP contribution in [0.1, 0.15) is 49.9 Å². The van der Waals surface area contributed by atoms with E-state index in [0.29, 0.717) is 0 Å². The molecule has 2 N–H and O–H groups in total. The summed E-state index contributed by atoms with van der Waals surface area (Å²) in [5.74, 6) is -1.85. The van der Waals surface area contributed by atoms with Crippen LogP contribution in [-0.4, -0.2) is 38.1 Å². The number of furan rings is 1. The number of aryl methyl sites for hydroxylation is 1. The second-order valence-electron chi connectivity index (χ2n) is 5.63. The van der Waals surface area contributed by atoms with Crippen molar-refractivity contribution in [2.24, 2.45) is 0 Å². The second kappa shape index (κ2) is 7.14. The zero-order valence-electron chi connectivity index (χ0n) is 13.5. The molecule has 23 heavy (non-hydrogen) atoms. The van der Waals surface area contributed by atoms with Gasteiger partial charge < -0.3 is 14.3 Å². The fourth-order valence-electron chi connectivity index (χ4n) is 1.98. The predicted octanol–water partition coefficient (Wildman–Crippen LogP) is 1.55. The van der Waals surface area contributed by atoms with Crippen LogP contribution >= 0.6 is 0 Å². The molecule has 0 amide bonds. The molecule has 0 radical (unpaired) electrons. The van der Waals surface area contributed by atoms with E-state index >= 15 is 0 Å². The Kier molecular flexibility index (Phi) is 5.95. The van der Waals surface area contributed by atoms with Gasteiger partial charge in [0, 0.05) is 24.4 Å². The number of sulfonamides is 1. The first-order chi connectivity index (χ1) is 10.5. The Bertz CT molecular complexity index is 688. The molecule has 0 aliphatic rings. The Morgan fingerprint density at radius 2 is 2.00 bits per heavy atom. The van der Waals surface area contributed by atoms with E-state index in [1.54, 1.807) is 20.8 Å². The Labute approximate surface area is 134 Å². The molecule has 1 aromatic heterocycles. The van der Waals surface area contributed by atoms with Gasteiger partial charge >= 0.3 is 11.9 Å². The van der Waals surface area contributed by atoms with Crippen molar-refractivity contribution in [2.75, 3.05) is 7.11 Å². The number of carbonyl (C=O) groups excluding carboxylic acids is 1. The van der Waals surface area contributed by atoms with Crippen molar-refractivity contribution in [1.29, 1.82) is 0 Å². The zero-order valence-corrected chi connectivity index (χ0v) is 14.3. The number of aliphatic carboxylic acids is 1. The molecular formula is C14H21NO7S. The van der Waals surface area contributed by atoms with Crippen molar-refractivity contribution < 1.29 is 32.3 Å². The number of carbonyl (C=O) groups is 2. The largest absolute Gasteiger partial charge is 0.481 e. The highest BCUT2D eigenvalue weighted by atomic mass is 32.2. The summed E-state index contributed by atoms with van der Waals surface area (Å²) in [6.45, 7) is 4.86. The molecule has 0 saturated heterocycles. The van der Waals surface area contributed by atoms with Gasteiger partial charge in [0.2, 0.25) is 15.8 Å². The highest BCUT2D eigenvalue weighted by Gasteiger charge is 2.31. The van der Waals surface area contributed by atoms with Gasteiger partial charge in [-0.05, 0) is 20.3 Å². The normalized spacial score (nSPS) is 12.2. The number of nitrogens with one attached hydrogen (secondary N) is 1. The lowest BCUT2D eigenvalue weighted by Gasteiger charge is -2.25. The number of rotatable bonds is 8. The first kappa shape index (κ1) is 19.2. The van der Waals surface area contributed by atoms with Crippen LogP contribution in [0.4, 0.5) is 0 Å². The summed E-state index contributed by atoms with van der Waals surface area (Å²) in [6, 6.07) is 1.11. The number of hydrogen-bond acceptors (Lipinski definition) is 6. The van der Waals surface area contributed by atoms with Gasteiger partial charge in [0.15, 0.2) is 0 Å². The third-order valence-electron chi connectivity index (χ3n) is 3.14. The highest BCUT2D eigenvalue weighted by Crippen LogP contribution is 2.24. The minimum atomic E-state index is -3.97. The van der Waals surface area contributed by atoms with Crippen LogP contribution < -0.4 is 4.72 Å². The van der Waals surface area contributed by atoms with Crippen molar-refractivity contribution in [3.8, 4) is 0 Å². The first-order valence-electron chi connectivity index (χ1n) is 6.99. The third-order valence-corrected chi connectivity index (χ3v) is 4.89. The number of esters is 1. The number of ether oxygens (including phenoxy) is 1. The fraction of sp³-hybridized carbons (Fsp3) is 0.571. The molecule has 1 aromatic rings. The molecule has 0 fully saturated rings. The number of methoxy groups -OCH3 is 1. The minimum Gasteiger partial charge on any atom is -0.481 e. The predicted molar refractivity (Wildman–Crippen MR) is 80.7 cm³/mol. The summed E-state index contributed by atoms with van der Waals surface area (Å²) in [5.41, 5.74) is -0.967. The van der Waals surface area contributed by atoms with E-state index in [1.165, 1.54) is 0 Å². The summed E-state index contributed by atoms with van der Waals surface area (Å²) in [7, 11) is -2.81. The molecule has 8 nitrogen and oxygen atoms in total. The fourth-order valence-corrected chi connectivity index (χ4v) is 3.66. The Morgan fingerprint density at radius 3 is 2.48 bits per heavy atom. The van der Waals surface area contributed by atoms with Crippen molar-refractivity contribution >= 4 is 22.0 Å². The lowest BCUT2D eigenvalue weighted by molar-refractivity contribution is -0.137. The van der Waals surface area contributed by atoms with Crippen molar-refractivity contribution in [2.45, 2.75) is 50.5 Å². The molecule has 0 aromatic carbocycles. The van der Waals surface area contributed by atoms with Gasteiger partial charge in [0.1, 0.15) is 10.7 Å². The van der Waals surface area contributed by atoms with Crippen LogP contribution in [0.15, 0.2) is 15.4 Å². The molecule has 1 heterocycles.